The Labute approximate surface area is 103 Å². The van der Waals surface area contributed by atoms with Gasteiger partial charge in [0.2, 0.25) is 0 Å². The third-order valence-electron chi connectivity index (χ3n) is 2.64. The summed E-state index contributed by atoms with van der Waals surface area (Å²) in [6, 6.07) is 9.82. The molecule has 0 saturated heterocycles. The fraction of sp³-hybridized carbons (Fsp3) is 0.400. The maximum Gasteiger partial charge on any atom is 0.0454 e. The lowest BCUT2D eigenvalue weighted by Gasteiger charge is -2.08. The molecule has 1 rings (SSSR count). The molecule has 0 radical (unpaired) electrons. The molecule has 0 heterocycles. The summed E-state index contributed by atoms with van der Waals surface area (Å²) < 4.78 is 0. The molecule has 2 nitrogen and oxygen atoms in total. The molecule has 0 aliphatic rings. The maximum absolute atomic E-state index is 10.7. The highest BCUT2D eigenvalue weighted by Gasteiger charge is 1.99. The van der Waals surface area contributed by atoms with E-state index in [4.69, 9.17) is 0 Å². The van der Waals surface area contributed by atoms with Crippen LogP contribution in [0, 0.1) is 0 Å². The van der Waals surface area contributed by atoms with E-state index in [0.717, 1.165) is 36.8 Å². The van der Waals surface area contributed by atoms with E-state index in [2.05, 4.69) is 6.92 Å². The molecule has 2 heteroatoms. The smallest absolute Gasteiger partial charge is 0.0454 e. The van der Waals surface area contributed by atoms with Gasteiger partial charge in [0.1, 0.15) is 0 Å². The Morgan fingerprint density at radius 2 is 1.94 bits per heavy atom. The lowest BCUT2D eigenvalue weighted by Crippen LogP contribution is -2.22. The van der Waals surface area contributed by atoms with Crippen molar-refractivity contribution in [1.82, 2.24) is 0 Å². The fourth-order valence-corrected chi connectivity index (χ4v) is 1.78. The number of carboxylic acids is 1. The van der Waals surface area contributed by atoms with Crippen molar-refractivity contribution in [3.63, 3.8) is 0 Å². The van der Waals surface area contributed by atoms with Crippen LogP contribution in [0.4, 0.5) is 0 Å². The summed E-state index contributed by atoms with van der Waals surface area (Å²) in [6.45, 7) is 2.14. The van der Waals surface area contributed by atoms with Crippen LogP contribution < -0.4 is 5.11 Å². The monoisotopic (exact) mass is 231 g/mol. The van der Waals surface area contributed by atoms with Gasteiger partial charge in [-0.05, 0) is 18.4 Å². The Morgan fingerprint density at radius 3 is 2.53 bits per heavy atom. The van der Waals surface area contributed by atoms with Crippen molar-refractivity contribution >= 4 is 12.0 Å². The van der Waals surface area contributed by atoms with Crippen LogP contribution in [-0.2, 0) is 4.79 Å². The van der Waals surface area contributed by atoms with E-state index in [1.807, 2.05) is 36.4 Å². The first kappa shape index (κ1) is 13.5. The van der Waals surface area contributed by atoms with Crippen LogP contribution in [0.2, 0.25) is 0 Å². The first-order valence-corrected chi connectivity index (χ1v) is 6.16. The number of carbonyl (C=O) groups excluding carboxylic acids is 1. The molecule has 0 amide bonds. The van der Waals surface area contributed by atoms with Crippen LogP contribution in [0.3, 0.4) is 0 Å². The molecule has 0 atom stereocenters. The molecular weight excluding hydrogens is 212 g/mol. The largest absolute Gasteiger partial charge is 0.550 e. The van der Waals surface area contributed by atoms with Gasteiger partial charge < -0.3 is 9.90 Å². The predicted octanol–water partition coefficient (Wildman–Crippen LogP) is 2.79. The van der Waals surface area contributed by atoms with Gasteiger partial charge >= 0.3 is 0 Å². The summed E-state index contributed by atoms with van der Waals surface area (Å²) in [4.78, 5) is 10.7. The van der Waals surface area contributed by atoms with Crippen molar-refractivity contribution in [1.29, 1.82) is 0 Å². The Bertz CT molecular complexity index is 366. The molecule has 0 spiro atoms. The van der Waals surface area contributed by atoms with Crippen molar-refractivity contribution in [3.8, 4) is 0 Å². The molecule has 1 aromatic carbocycles. The number of hydrogen-bond donors (Lipinski definition) is 0. The third kappa shape index (κ3) is 5.91. The van der Waals surface area contributed by atoms with Crippen molar-refractivity contribution in [2.24, 2.45) is 0 Å². The minimum atomic E-state index is -0.997. The number of unbranched alkanes of at least 4 members (excludes halogenated alkanes) is 2. The topological polar surface area (TPSA) is 40.1 Å². The molecule has 0 unspecified atom stereocenters. The molecule has 17 heavy (non-hydrogen) atoms. The van der Waals surface area contributed by atoms with E-state index in [1.54, 1.807) is 0 Å². The number of hydrogen-bond acceptors (Lipinski definition) is 2. The quantitative estimate of drug-likeness (QED) is 0.677. The van der Waals surface area contributed by atoms with E-state index < -0.39 is 5.97 Å². The van der Waals surface area contributed by atoms with Crippen molar-refractivity contribution < 1.29 is 9.90 Å². The normalized spacial score (nSPS) is 11.5. The lowest BCUT2D eigenvalue weighted by atomic mass is 10.0. The van der Waals surface area contributed by atoms with E-state index in [-0.39, 0.29) is 6.42 Å². The Hall–Kier alpha value is -1.57. The minimum Gasteiger partial charge on any atom is -0.550 e. The van der Waals surface area contributed by atoms with Crippen molar-refractivity contribution in [3.05, 3.63) is 41.5 Å². The fourth-order valence-electron chi connectivity index (χ4n) is 1.78. The zero-order valence-corrected chi connectivity index (χ0v) is 10.3. The average Bonchev–Trinajstić information content (AvgIpc) is 2.30. The second kappa shape index (κ2) is 7.66. The SMILES string of the molecule is CCCCCC(=Cc1ccccc1)CC(=O)[O-]. The van der Waals surface area contributed by atoms with E-state index in [1.165, 1.54) is 0 Å². The molecule has 0 aliphatic heterocycles. The number of aliphatic carboxylic acids is 1. The Balaban J connectivity index is 2.67. The number of carboxylic acid groups (broad SMARTS) is 1. The van der Waals surface area contributed by atoms with E-state index in [9.17, 15) is 9.90 Å². The molecule has 0 aliphatic carbocycles. The summed E-state index contributed by atoms with van der Waals surface area (Å²) in [7, 11) is 0. The van der Waals surface area contributed by atoms with Crippen LogP contribution in [0.15, 0.2) is 35.9 Å². The molecule has 0 N–H and O–H groups in total. The Kier molecular flexibility index (Phi) is 6.08. The summed E-state index contributed by atoms with van der Waals surface area (Å²) in [5, 5.41) is 10.7. The van der Waals surface area contributed by atoms with Gasteiger partial charge in [0.15, 0.2) is 0 Å². The van der Waals surface area contributed by atoms with Gasteiger partial charge in [0, 0.05) is 12.4 Å². The summed E-state index contributed by atoms with van der Waals surface area (Å²) in [6.07, 6.45) is 6.17. The standard InChI is InChI=1S/C15H20O2/c1-2-3-5-10-14(12-15(16)17)11-13-8-6-4-7-9-13/h4,6-9,11H,2-3,5,10,12H2,1H3,(H,16,17)/p-1. The van der Waals surface area contributed by atoms with Crippen LogP contribution in [0.1, 0.15) is 44.6 Å². The minimum absolute atomic E-state index is 0.0403. The van der Waals surface area contributed by atoms with E-state index >= 15 is 0 Å². The number of rotatable bonds is 7. The molecule has 1 aromatic rings. The van der Waals surface area contributed by atoms with Crippen LogP contribution >= 0.6 is 0 Å². The first-order chi connectivity index (χ1) is 8.22. The maximum atomic E-state index is 10.7. The van der Waals surface area contributed by atoms with Gasteiger partial charge in [-0.1, -0.05) is 61.7 Å². The van der Waals surface area contributed by atoms with E-state index in [0.29, 0.717) is 0 Å². The summed E-state index contributed by atoms with van der Waals surface area (Å²) in [5.41, 5.74) is 2.00. The lowest BCUT2D eigenvalue weighted by molar-refractivity contribution is -0.304. The second-order valence-corrected chi connectivity index (χ2v) is 4.22. The highest BCUT2D eigenvalue weighted by atomic mass is 16.4. The van der Waals surface area contributed by atoms with Crippen molar-refractivity contribution in [2.75, 3.05) is 0 Å². The first-order valence-electron chi connectivity index (χ1n) is 6.16. The van der Waals surface area contributed by atoms with Gasteiger partial charge in [0.25, 0.3) is 0 Å². The summed E-state index contributed by atoms with van der Waals surface area (Å²) >= 11 is 0. The zero-order valence-electron chi connectivity index (χ0n) is 10.3. The number of carbonyl (C=O) groups is 1. The number of benzene rings is 1. The molecule has 0 bridgehead atoms. The van der Waals surface area contributed by atoms with Gasteiger partial charge in [-0.15, -0.1) is 0 Å². The average molecular weight is 231 g/mol. The molecular formula is C15H19O2-. The molecule has 0 fully saturated rings. The highest BCUT2D eigenvalue weighted by Crippen LogP contribution is 2.16. The van der Waals surface area contributed by atoms with Crippen LogP contribution in [-0.4, -0.2) is 5.97 Å². The molecule has 0 aromatic heterocycles. The van der Waals surface area contributed by atoms with Gasteiger partial charge in [-0.2, -0.15) is 0 Å². The Morgan fingerprint density at radius 1 is 1.24 bits per heavy atom. The predicted molar refractivity (Wildman–Crippen MR) is 68.2 cm³/mol. The highest BCUT2D eigenvalue weighted by molar-refractivity contribution is 5.70. The summed E-state index contributed by atoms with van der Waals surface area (Å²) in [5.74, 6) is -0.997. The molecule has 92 valence electrons. The van der Waals surface area contributed by atoms with Crippen LogP contribution in [0.5, 0.6) is 0 Å². The zero-order chi connectivity index (χ0) is 12.5. The van der Waals surface area contributed by atoms with Crippen LogP contribution in [0.25, 0.3) is 6.08 Å². The van der Waals surface area contributed by atoms with Gasteiger partial charge in [-0.3, -0.25) is 0 Å². The second-order valence-electron chi connectivity index (χ2n) is 4.22. The molecule has 0 saturated carbocycles. The van der Waals surface area contributed by atoms with Crippen molar-refractivity contribution in [2.45, 2.75) is 39.0 Å². The third-order valence-corrected chi connectivity index (χ3v) is 2.64. The van der Waals surface area contributed by atoms with Gasteiger partial charge in [0.05, 0.1) is 0 Å². The van der Waals surface area contributed by atoms with Gasteiger partial charge in [-0.25, -0.2) is 0 Å².